The van der Waals surface area contributed by atoms with E-state index in [2.05, 4.69) is 6.58 Å². The number of nitrogens with zero attached hydrogens (tertiary/aromatic N) is 1. The van der Waals surface area contributed by atoms with E-state index in [9.17, 15) is 8.42 Å². The van der Waals surface area contributed by atoms with Crippen LogP contribution in [0.1, 0.15) is 28.3 Å². The van der Waals surface area contributed by atoms with Crippen molar-refractivity contribution in [3.8, 4) is 0 Å². The Hall–Kier alpha value is -2.30. The van der Waals surface area contributed by atoms with E-state index < -0.39 is 10.0 Å². The zero-order chi connectivity index (χ0) is 19.6. The van der Waals surface area contributed by atoms with E-state index in [1.165, 1.54) is 10.2 Å². The minimum absolute atomic E-state index is 0.0113. The van der Waals surface area contributed by atoms with Crippen LogP contribution >= 0.6 is 11.6 Å². The zero-order valence-electron chi connectivity index (χ0n) is 15.4. The Morgan fingerprint density at radius 2 is 1.70 bits per heavy atom. The Kier molecular flexibility index (Phi) is 5.59. The molecule has 3 aromatic rings. The van der Waals surface area contributed by atoms with Gasteiger partial charge in [0, 0.05) is 17.8 Å². The first-order valence-electron chi connectivity index (χ1n) is 8.70. The molecule has 1 atom stereocenters. The molecule has 0 aliphatic carbocycles. The molecule has 1 unspecified atom stereocenters. The van der Waals surface area contributed by atoms with Crippen LogP contribution in [-0.2, 0) is 16.4 Å². The molecule has 0 N–H and O–H groups in total. The monoisotopic (exact) mass is 399 g/mol. The lowest BCUT2D eigenvalue weighted by molar-refractivity contribution is 0.584. The van der Waals surface area contributed by atoms with Gasteiger partial charge in [0.2, 0.25) is 0 Å². The van der Waals surface area contributed by atoms with Crippen molar-refractivity contribution in [1.82, 2.24) is 3.97 Å². The van der Waals surface area contributed by atoms with E-state index in [4.69, 9.17) is 11.6 Å². The number of rotatable bonds is 6. The molecule has 140 valence electrons. The van der Waals surface area contributed by atoms with Crippen molar-refractivity contribution in [3.05, 3.63) is 101 Å². The molecular weight excluding hydrogens is 378 g/mol. The molecule has 3 rings (SSSR count). The largest absolute Gasteiger partial charge is 0.267 e. The van der Waals surface area contributed by atoms with E-state index in [-0.39, 0.29) is 10.8 Å². The second-order valence-corrected chi connectivity index (χ2v) is 8.84. The normalized spacial score (nSPS) is 12.7. The predicted octanol–water partition coefficient (Wildman–Crippen LogP) is 5.51. The highest BCUT2D eigenvalue weighted by Gasteiger charge is 2.25. The molecule has 2 aromatic carbocycles. The Morgan fingerprint density at radius 1 is 1.07 bits per heavy atom. The summed E-state index contributed by atoms with van der Waals surface area (Å²) in [6.07, 6.45) is 3.84. The lowest BCUT2D eigenvalue weighted by Gasteiger charge is -2.17. The SMILES string of the molecule is C=CC(Cc1c(C)c(Cl)cn1S(=O)(=O)c1ccc(C)cc1)c1ccccc1. The van der Waals surface area contributed by atoms with Gasteiger partial charge in [0.15, 0.2) is 0 Å². The van der Waals surface area contributed by atoms with E-state index >= 15 is 0 Å². The van der Waals surface area contributed by atoms with Crippen LogP contribution in [0.4, 0.5) is 0 Å². The van der Waals surface area contributed by atoms with Gasteiger partial charge in [0.05, 0.1) is 9.92 Å². The molecule has 0 spiro atoms. The summed E-state index contributed by atoms with van der Waals surface area (Å²) in [4.78, 5) is 0.246. The Balaban J connectivity index is 2.07. The van der Waals surface area contributed by atoms with E-state index in [1.54, 1.807) is 24.3 Å². The second-order valence-electron chi connectivity index (χ2n) is 6.62. The first-order chi connectivity index (χ1) is 12.8. The maximum absolute atomic E-state index is 13.2. The topological polar surface area (TPSA) is 39.1 Å². The van der Waals surface area contributed by atoms with Crippen molar-refractivity contribution >= 4 is 21.6 Å². The first kappa shape index (κ1) is 19.5. The van der Waals surface area contributed by atoms with Crippen LogP contribution in [0.25, 0.3) is 0 Å². The average molecular weight is 400 g/mol. The molecule has 1 heterocycles. The standard InChI is InChI=1S/C22H22ClNO2S/c1-4-18(19-8-6-5-7-9-19)14-22-17(3)21(23)15-24(22)27(25,26)20-12-10-16(2)11-13-20/h4-13,15,18H,1,14H2,2-3H3. The first-order valence-corrected chi connectivity index (χ1v) is 10.5. The molecule has 1 aromatic heterocycles. The fourth-order valence-electron chi connectivity index (χ4n) is 3.11. The number of halogens is 1. The number of allylic oxidation sites excluding steroid dienone is 1. The summed E-state index contributed by atoms with van der Waals surface area (Å²) >= 11 is 6.31. The summed E-state index contributed by atoms with van der Waals surface area (Å²) in [5.74, 6) is -0.0113. The van der Waals surface area contributed by atoms with Gasteiger partial charge in [-0.05, 0) is 43.5 Å². The van der Waals surface area contributed by atoms with Crippen LogP contribution < -0.4 is 0 Å². The zero-order valence-corrected chi connectivity index (χ0v) is 17.0. The molecule has 0 radical (unpaired) electrons. The van der Waals surface area contributed by atoms with Crippen LogP contribution in [0, 0.1) is 13.8 Å². The summed E-state index contributed by atoms with van der Waals surface area (Å²) < 4.78 is 27.7. The van der Waals surface area contributed by atoms with Gasteiger partial charge in [-0.15, -0.1) is 6.58 Å². The van der Waals surface area contributed by atoms with Gasteiger partial charge >= 0.3 is 0 Å². The van der Waals surface area contributed by atoms with Gasteiger partial charge in [-0.3, -0.25) is 0 Å². The molecule has 0 saturated heterocycles. The van der Waals surface area contributed by atoms with Crippen molar-refractivity contribution in [2.75, 3.05) is 0 Å². The van der Waals surface area contributed by atoms with Crippen molar-refractivity contribution in [3.63, 3.8) is 0 Å². The van der Waals surface area contributed by atoms with Gasteiger partial charge in [-0.2, -0.15) is 0 Å². The second kappa shape index (κ2) is 7.75. The third-order valence-electron chi connectivity index (χ3n) is 4.79. The fraction of sp³-hybridized carbons (Fsp3) is 0.182. The summed E-state index contributed by atoms with van der Waals surface area (Å²) in [6, 6.07) is 16.8. The maximum atomic E-state index is 13.2. The minimum Gasteiger partial charge on any atom is -0.244 e. The van der Waals surface area contributed by atoms with Crippen molar-refractivity contribution in [2.24, 2.45) is 0 Å². The number of aromatic nitrogens is 1. The molecule has 0 aliphatic rings. The van der Waals surface area contributed by atoms with Crippen LogP contribution in [0.3, 0.4) is 0 Å². The maximum Gasteiger partial charge on any atom is 0.267 e. The van der Waals surface area contributed by atoms with Crippen LogP contribution in [0.2, 0.25) is 5.02 Å². The average Bonchev–Trinajstić information content (AvgIpc) is 2.96. The fourth-order valence-corrected chi connectivity index (χ4v) is 4.83. The van der Waals surface area contributed by atoms with Crippen LogP contribution in [0.15, 0.2) is 78.3 Å². The van der Waals surface area contributed by atoms with Gasteiger partial charge in [-0.1, -0.05) is 65.7 Å². The Labute approximate surface area is 166 Å². The Bertz CT molecular complexity index is 1050. The van der Waals surface area contributed by atoms with Gasteiger partial charge in [0.25, 0.3) is 10.0 Å². The number of aryl methyl sites for hydroxylation is 1. The molecular formula is C22H22ClNO2S. The molecule has 0 amide bonds. The molecule has 3 nitrogen and oxygen atoms in total. The molecule has 5 heteroatoms. The van der Waals surface area contributed by atoms with Gasteiger partial charge in [0.1, 0.15) is 0 Å². The van der Waals surface area contributed by atoms with Crippen LogP contribution in [-0.4, -0.2) is 12.4 Å². The highest BCUT2D eigenvalue weighted by atomic mass is 35.5. The molecule has 0 bridgehead atoms. The molecule has 0 aliphatic heterocycles. The summed E-state index contributed by atoms with van der Waals surface area (Å²) in [5, 5.41) is 0.441. The van der Waals surface area contributed by atoms with Gasteiger partial charge < -0.3 is 0 Å². The van der Waals surface area contributed by atoms with Crippen LogP contribution in [0.5, 0.6) is 0 Å². The van der Waals surface area contributed by atoms with E-state index in [0.29, 0.717) is 17.1 Å². The lowest BCUT2D eigenvalue weighted by atomic mass is 9.93. The van der Waals surface area contributed by atoms with Gasteiger partial charge in [-0.25, -0.2) is 12.4 Å². The van der Waals surface area contributed by atoms with Crippen molar-refractivity contribution < 1.29 is 8.42 Å². The molecule has 0 saturated carbocycles. The Morgan fingerprint density at radius 3 is 2.30 bits per heavy atom. The van der Waals surface area contributed by atoms with E-state index in [1.807, 2.05) is 50.3 Å². The van der Waals surface area contributed by atoms with E-state index in [0.717, 1.165) is 16.7 Å². The smallest absolute Gasteiger partial charge is 0.244 e. The van der Waals surface area contributed by atoms with Crippen molar-refractivity contribution in [1.29, 1.82) is 0 Å². The number of hydrogen-bond acceptors (Lipinski definition) is 2. The minimum atomic E-state index is -3.73. The third-order valence-corrected chi connectivity index (χ3v) is 6.88. The number of hydrogen-bond donors (Lipinski definition) is 0. The quantitative estimate of drug-likeness (QED) is 0.513. The highest BCUT2D eigenvalue weighted by molar-refractivity contribution is 7.90. The summed E-state index contributed by atoms with van der Waals surface area (Å²) in [7, 11) is -3.73. The van der Waals surface area contributed by atoms with Crippen molar-refractivity contribution in [2.45, 2.75) is 31.1 Å². The summed E-state index contributed by atoms with van der Waals surface area (Å²) in [6.45, 7) is 7.71. The highest BCUT2D eigenvalue weighted by Crippen LogP contribution is 2.31. The summed E-state index contributed by atoms with van der Waals surface area (Å²) in [5.41, 5.74) is 3.54. The third kappa shape index (κ3) is 3.87. The lowest BCUT2D eigenvalue weighted by Crippen LogP contribution is -2.17. The molecule has 0 fully saturated rings. The molecule has 27 heavy (non-hydrogen) atoms. The number of benzene rings is 2. The predicted molar refractivity (Wildman–Crippen MR) is 111 cm³/mol.